The van der Waals surface area contributed by atoms with Crippen LogP contribution in [0.5, 0.6) is 0 Å². The third-order valence-corrected chi connectivity index (χ3v) is 6.45. The molecule has 2 aromatic rings. The molecule has 2 atom stereocenters. The summed E-state index contributed by atoms with van der Waals surface area (Å²) in [6, 6.07) is -1.45. The summed E-state index contributed by atoms with van der Waals surface area (Å²) in [5.41, 5.74) is 5.28. The van der Waals surface area contributed by atoms with Crippen LogP contribution in [0.1, 0.15) is 40.7 Å². The molecule has 20 heteroatoms. The Hall–Kier alpha value is -4.32. The van der Waals surface area contributed by atoms with Crippen LogP contribution in [0.15, 0.2) is 24.3 Å². The van der Waals surface area contributed by atoms with Gasteiger partial charge < -0.3 is 44.2 Å². The highest BCUT2D eigenvalue weighted by molar-refractivity contribution is 7.53. The number of carboxylic acids is 2. The number of nitrogens with two attached hydrogens (primary N) is 1. The van der Waals surface area contributed by atoms with Crippen LogP contribution >= 0.6 is 7.60 Å². The summed E-state index contributed by atoms with van der Waals surface area (Å²) in [6.07, 6.45) is -2.90. The lowest BCUT2D eigenvalue weighted by atomic mass is 10.0. The SMILES string of the molecule is CC(C)OC(=O)OCOP(=O)(COC(C)C(/C(=C/C(=O)O)C(=O)O)n1cnc2c(N)ncnc21)OCOC(=O)OC(C)C. The standard InChI is InChI=1S/C23H32N5O14P/c1-12(2)41-22(33)36-9-39-43(35,40-10-37-23(34)42-13(3)4)11-38-14(5)18(15(21(31)32)6-16(29)30)28-8-27-17-19(24)25-7-26-20(17)28/h6-8,12-14,18H,9-11H2,1-5H3,(H,29,30)(H,31,32)(H2,24,25,26)/b15-6-. The molecule has 43 heavy (non-hydrogen) atoms. The molecule has 2 heterocycles. The fourth-order valence-electron chi connectivity index (χ4n) is 3.28. The van der Waals surface area contributed by atoms with E-state index in [9.17, 15) is 34.0 Å². The van der Waals surface area contributed by atoms with Crippen molar-refractivity contribution in [1.29, 1.82) is 0 Å². The van der Waals surface area contributed by atoms with Crippen LogP contribution in [-0.4, -0.2) is 92.2 Å². The lowest BCUT2D eigenvalue weighted by Gasteiger charge is -2.27. The van der Waals surface area contributed by atoms with Gasteiger partial charge in [-0.15, -0.1) is 0 Å². The number of aliphatic carboxylic acids is 2. The van der Waals surface area contributed by atoms with Crippen molar-refractivity contribution in [2.45, 2.75) is 59.0 Å². The fourth-order valence-corrected chi connectivity index (χ4v) is 4.35. The highest BCUT2D eigenvalue weighted by Crippen LogP contribution is 2.49. The van der Waals surface area contributed by atoms with Gasteiger partial charge in [0.15, 0.2) is 11.5 Å². The highest BCUT2D eigenvalue weighted by Gasteiger charge is 2.35. The smallest absolute Gasteiger partial charge is 0.478 e. The number of hydrogen-bond acceptors (Lipinski definition) is 16. The second-order valence-corrected chi connectivity index (χ2v) is 11.0. The molecule has 0 saturated heterocycles. The van der Waals surface area contributed by atoms with Gasteiger partial charge in [-0.2, -0.15) is 0 Å². The molecule has 0 spiro atoms. The molecular formula is C23H32N5O14P. The maximum Gasteiger partial charge on any atom is 0.510 e. The van der Waals surface area contributed by atoms with Gasteiger partial charge in [0.05, 0.1) is 36.3 Å². The van der Waals surface area contributed by atoms with Gasteiger partial charge in [0, 0.05) is 6.08 Å². The number of imidazole rings is 1. The second kappa shape index (κ2) is 15.8. The van der Waals surface area contributed by atoms with Gasteiger partial charge in [-0.05, 0) is 34.6 Å². The van der Waals surface area contributed by atoms with Crippen molar-refractivity contribution in [3.63, 3.8) is 0 Å². The molecule has 2 rings (SSSR count). The zero-order chi connectivity index (χ0) is 32.3. The first-order valence-corrected chi connectivity index (χ1v) is 14.1. The van der Waals surface area contributed by atoms with Crippen molar-refractivity contribution >= 4 is 48.8 Å². The van der Waals surface area contributed by atoms with E-state index < -0.39 is 81.7 Å². The molecule has 0 radical (unpaired) electrons. The van der Waals surface area contributed by atoms with E-state index in [0.29, 0.717) is 6.08 Å². The van der Waals surface area contributed by atoms with Crippen molar-refractivity contribution < 1.29 is 66.7 Å². The lowest BCUT2D eigenvalue weighted by molar-refractivity contribution is -0.136. The van der Waals surface area contributed by atoms with Gasteiger partial charge in [0.2, 0.25) is 13.6 Å². The molecule has 0 bridgehead atoms. The zero-order valence-electron chi connectivity index (χ0n) is 23.8. The first-order chi connectivity index (χ1) is 20.1. The largest absolute Gasteiger partial charge is 0.510 e. The number of rotatable bonds is 16. The Bertz CT molecular complexity index is 1350. The second-order valence-electron chi connectivity index (χ2n) is 9.00. The van der Waals surface area contributed by atoms with E-state index in [4.69, 9.17) is 38.5 Å². The monoisotopic (exact) mass is 633 g/mol. The topological polar surface area (TPSA) is 260 Å². The summed E-state index contributed by atoms with van der Waals surface area (Å²) in [7, 11) is -4.45. The van der Waals surface area contributed by atoms with Crippen molar-refractivity contribution in [3.8, 4) is 0 Å². The van der Waals surface area contributed by atoms with E-state index in [2.05, 4.69) is 15.0 Å². The number of hydrogen-bond donors (Lipinski definition) is 3. The highest BCUT2D eigenvalue weighted by atomic mass is 31.2. The fraction of sp³-hybridized carbons (Fsp3) is 0.522. The maximum absolute atomic E-state index is 13.5. The number of fused-ring (bicyclic) bond motifs is 1. The first kappa shape index (κ1) is 34.9. The predicted molar refractivity (Wildman–Crippen MR) is 142 cm³/mol. The van der Waals surface area contributed by atoms with E-state index in [1.165, 1.54) is 11.5 Å². The molecular weight excluding hydrogens is 601 g/mol. The lowest BCUT2D eigenvalue weighted by Crippen LogP contribution is -2.30. The molecule has 4 N–H and O–H groups in total. The van der Waals surface area contributed by atoms with E-state index in [1.54, 1.807) is 27.7 Å². The number of ether oxygens (including phenoxy) is 5. The molecule has 0 aromatic carbocycles. The van der Waals surface area contributed by atoms with Gasteiger partial charge in [-0.3, -0.25) is 13.6 Å². The summed E-state index contributed by atoms with van der Waals surface area (Å²) in [5.74, 6) is -3.24. The van der Waals surface area contributed by atoms with Crippen LogP contribution in [0, 0.1) is 0 Å². The molecule has 2 aromatic heterocycles. The Kier molecular flexibility index (Phi) is 12.8. The molecule has 0 aliphatic heterocycles. The summed E-state index contributed by atoms with van der Waals surface area (Å²) in [4.78, 5) is 58.9. The third-order valence-electron chi connectivity index (χ3n) is 4.99. The van der Waals surface area contributed by atoms with Crippen LogP contribution in [0.4, 0.5) is 15.4 Å². The Morgan fingerprint density at radius 1 is 0.953 bits per heavy atom. The normalized spacial score (nSPS) is 13.5. The van der Waals surface area contributed by atoms with Crippen molar-refractivity contribution in [1.82, 2.24) is 19.5 Å². The molecule has 19 nitrogen and oxygen atoms in total. The Labute approximate surface area is 244 Å². The molecule has 0 aliphatic rings. The van der Waals surface area contributed by atoms with E-state index >= 15 is 0 Å². The summed E-state index contributed by atoms with van der Waals surface area (Å²) in [6.45, 7) is 5.68. The number of anilines is 1. The molecule has 0 aliphatic carbocycles. The Balaban J connectivity index is 2.34. The van der Waals surface area contributed by atoms with Crippen LogP contribution in [0.25, 0.3) is 11.2 Å². The number of aromatic nitrogens is 4. The van der Waals surface area contributed by atoms with E-state index in [-0.39, 0.29) is 17.0 Å². The minimum atomic E-state index is -4.45. The number of carbonyl (C=O) groups excluding carboxylic acids is 2. The van der Waals surface area contributed by atoms with E-state index in [0.717, 1.165) is 12.7 Å². The van der Waals surface area contributed by atoms with Gasteiger partial charge >= 0.3 is 31.8 Å². The van der Waals surface area contributed by atoms with Crippen molar-refractivity contribution in [3.05, 3.63) is 24.3 Å². The summed E-state index contributed by atoms with van der Waals surface area (Å²) in [5, 5.41) is 19.2. The minimum absolute atomic E-state index is 0.0338. The van der Waals surface area contributed by atoms with Gasteiger partial charge in [0.1, 0.15) is 18.2 Å². The van der Waals surface area contributed by atoms with Gasteiger partial charge in [0.25, 0.3) is 0 Å². The number of carboxylic acid groups (broad SMARTS) is 2. The minimum Gasteiger partial charge on any atom is -0.478 e. The van der Waals surface area contributed by atoms with Crippen molar-refractivity contribution in [2.75, 3.05) is 25.7 Å². The number of nitrogens with zero attached hydrogens (tertiary/aromatic N) is 4. The molecule has 238 valence electrons. The quantitative estimate of drug-likeness (QED) is 0.104. The molecule has 0 fully saturated rings. The molecule has 0 saturated carbocycles. The van der Waals surface area contributed by atoms with Gasteiger partial charge in [-0.1, -0.05) is 0 Å². The maximum atomic E-state index is 13.5. The first-order valence-electron chi connectivity index (χ1n) is 12.4. The van der Waals surface area contributed by atoms with Crippen LogP contribution in [0.2, 0.25) is 0 Å². The number of nitrogen functional groups attached to an aromatic ring is 1. The van der Waals surface area contributed by atoms with Crippen LogP contribution in [0.3, 0.4) is 0 Å². The third kappa shape index (κ3) is 10.8. The van der Waals surface area contributed by atoms with Crippen LogP contribution in [-0.2, 0) is 46.9 Å². The van der Waals surface area contributed by atoms with Crippen molar-refractivity contribution in [2.24, 2.45) is 0 Å². The summed E-state index contributed by atoms with van der Waals surface area (Å²) >= 11 is 0. The number of carbonyl (C=O) groups is 4. The Morgan fingerprint density at radius 2 is 1.51 bits per heavy atom. The average molecular weight is 634 g/mol. The van der Waals surface area contributed by atoms with Gasteiger partial charge in [-0.25, -0.2) is 34.1 Å². The predicted octanol–water partition coefficient (Wildman–Crippen LogP) is 2.67. The van der Waals surface area contributed by atoms with E-state index in [1.807, 2.05) is 0 Å². The summed E-state index contributed by atoms with van der Waals surface area (Å²) < 4.78 is 49.5. The average Bonchev–Trinajstić information content (AvgIpc) is 3.31. The van der Waals surface area contributed by atoms with Crippen LogP contribution < -0.4 is 5.73 Å². The zero-order valence-corrected chi connectivity index (χ0v) is 24.7. The molecule has 0 amide bonds. The molecule has 2 unspecified atom stereocenters. The Morgan fingerprint density at radius 3 is 2.00 bits per heavy atom.